The molecule has 0 bridgehead atoms. The van der Waals surface area contributed by atoms with Crippen LogP contribution in [0.2, 0.25) is 0 Å². The molecule has 0 aromatic rings. The number of piperidine rings is 1. The SMILES string of the molecule is CC(C)=C(O)C1CCN(C)CC1. The van der Waals surface area contributed by atoms with Crippen LogP contribution in [0.15, 0.2) is 11.3 Å². The number of hydrogen-bond donors (Lipinski definition) is 1. The molecule has 0 aromatic carbocycles. The maximum Gasteiger partial charge on any atom is 0.0940 e. The summed E-state index contributed by atoms with van der Waals surface area (Å²) in [6, 6.07) is 0. The predicted molar refractivity (Wildman–Crippen MR) is 51.2 cm³/mol. The van der Waals surface area contributed by atoms with E-state index in [0.717, 1.165) is 31.5 Å². The van der Waals surface area contributed by atoms with Gasteiger partial charge in [-0.15, -0.1) is 0 Å². The fourth-order valence-electron chi connectivity index (χ4n) is 1.69. The number of nitrogens with zero attached hydrogens (tertiary/aromatic N) is 1. The Morgan fingerprint density at radius 3 is 2.17 bits per heavy atom. The van der Waals surface area contributed by atoms with Gasteiger partial charge in [-0.1, -0.05) is 0 Å². The molecule has 1 saturated heterocycles. The first-order valence-electron chi connectivity index (χ1n) is 4.66. The molecule has 0 radical (unpaired) electrons. The van der Waals surface area contributed by atoms with E-state index in [1.807, 2.05) is 13.8 Å². The van der Waals surface area contributed by atoms with Gasteiger partial charge in [0.1, 0.15) is 0 Å². The van der Waals surface area contributed by atoms with E-state index in [-0.39, 0.29) is 0 Å². The Morgan fingerprint density at radius 2 is 1.75 bits per heavy atom. The molecule has 2 nitrogen and oxygen atoms in total. The number of aliphatic hydroxyl groups is 1. The maximum atomic E-state index is 9.70. The molecule has 0 spiro atoms. The molecule has 1 rings (SSSR count). The Hall–Kier alpha value is -0.500. The minimum Gasteiger partial charge on any atom is -0.512 e. The highest BCUT2D eigenvalue weighted by Crippen LogP contribution is 2.23. The van der Waals surface area contributed by atoms with Gasteiger partial charge in [0.05, 0.1) is 5.76 Å². The molecule has 2 heteroatoms. The van der Waals surface area contributed by atoms with Crippen molar-refractivity contribution in [2.75, 3.05) is 20.1 Å². The van der Waals surface area contributed by atoms with Crippen LogP contribution in [0.3, 0.4) is 0 Å². The van der Waals surface area contributed by atoms with Gasteiger partial charge >= 0.3 is 0 Å². The second-order valence-corrected chi connectivity index (χ2v) is 3.96. The second kappa shape index (κ2) is 3.94. The molecule has 0 unspecified atom stereocenters. The first-order chi connectivity index (χ1) is 5.61. The molecule has 0 aliphatic carbocycles. The smallest absolute Gasteiger partial charge is 0.0940 e. The average molecular weight is 169 g/mol. The zero-order valence-electron chi connectivity index (χ0n) is 8.30. The molecule has 0 aromatic heterocycles. The summed E-state index contributed by atoms with van der Waals surface area (Å²) in [6.07, 6.45) is 2.21. The van der Waals surface area contributed by atoms with Gasteiger partial charge in [0.2, 0.25) is 0 Å². The van der Waals surface area contributed by atoms with Crippen LogP contribution in [0.4, 0.5) is 0 Å². The van der Waals surface area contributed by atoms with Gasteiger partial charge in [0.15, 0.2) is 0 Å². The standard InChI is InChI=1S/C10H19NO/c1-8(2)10(12)9-4-6-11(3)7-5-9/h9,12H,4-7H2,1-3H3. The normalized spacial score (nSPS) is 20.9. The van der Waals surface area contributed by atoms with Crippen molar-refractivity contribution in [3.8, 4) is 0 Å². The fraction of sp³-hybridized carbons (Fsp3) is 0.800. The third-order valence-corrected chi connectivity index (χ3v) is 2.62. The first kappa shape index (κ1) is 9.59. The highest BCUT2D eigenvalue weighted by Gasteiger charge is 2.20. The highest BCUT2D eigenvalue weighted by atomic mass is 16.3. The highest BCUT2D eigenvalue weighted by molar-refractivity contribution is 5.06. The Labute approximate surface area is 74.9 Å². The zero-order valence-corrected chi connectivity index (χ0v) is 8.30. The van der Waals surface area contributed by atoms with Crippen LogP contribution >= 0.6 is 0 Å². The topological polar surface area (TPSA) is 23.5 Å². The van der Waals surface area contributed by atoms with Gasteiger partial charge in [-0.3, -0.25) is 0 Å². The van der Waals surface area contributed by atoms with E-state index in [2.05, 4.69) is 11.9 Å². The van der Waals surface area contributed by atoms with E-state index in [9.17, 15) is 5.11 Å². The molecule has 0 amide bonds. The van der Waals surface area contributed by atoms with Crippen LogP contribution < -0.4 is 0 Å². The molecular weight excluding hydrogens is 150 g/mol. The van der Waals surface area contributed by atoms with Crippen molar-refractivity contribution in [1.82, 2.24) is 4.90 Å². The molecule has 1 fully saturated rings. The van der Waals surface area contributed by atoms with E-state index in [4.69, 9.17) is 0 Å². The number of aliphatic hydroxyl groups excluding tert-OH is 1. The zero-order chi connectivity index (χ0) is 9.14. The summed E-state index contributed by atoms with van der Waals surface area (Å²) in [5.41, 5.74) is 1.07. The minimum absolute atomic E-state index is 0.422. The molecule has 1 N–H and O–H groups in total. The van der Waals surface area contributed by atoms with Crippen LogP contribution in [0, 0.1) is 5.92 Å². The van der Waals surface area contributed by atoms with Gasteiger partial charge in [0, 0.05) is 5.92 Å². The minimum atomic E-state index is 0.422. The quantitative estimate of drug-likeness (QED) is 0.608. The summed E-state index contributed by atoms with van der Waals surface area (Å²) in [5, 5.41) is 9.70. The predicted octanol–water partition coefficient (Wildman–Crippen LogP) is 2.18. The molecule has 0 atom stereocenters. The molecule has 1 heterocycles. The summed E-state index contributed by atoms with van der Waals surface area (Å²) in [6.45, 7) is 6.19. The van der Waals surface area contributed by atoms with E-state index in [1.165, 1.54) is 0 Å². The molecule has 1 aliphatic heterocycles. The van der Waals surface area contributed by atoms with E-state index >= 15 is 0 Å². The van der Waals surface area contributed by atoms with Crippen molar-refractivity contribution in [3.63, 3.8) is 0 Å². The molecule has 1 aliphatic rings. The van der Waals surface area contributed by atoms with E-state index in [1.54, 1.807) is 0 Å². The van der Waals surface area contributed by atoms with Crippen molar-refractivity contribution in [2.45, 2.75) is 26.7 Å². The summed E-state index contributed by atoms with van der Waals surface area (Å²) in [4.78, 5) is 2.31. The van der Waals surface area contributed by atoms with Crippen LogP contribution in [0.5, 0.6) is 0 Å². The number of allylic oxidation sites excluding steroid dienone is 2. The van der Waals surface area contributed by atoms with Crippen LogP contribution in [0.25, 0.3) is 0 Å². The summed E-state index contributed by atoms with van der Waals surface area (Å²) >= 11 is 0. The number of hydrogen-bond acceptors (Lipinski definition) is 2. The van der Waals surface area contributed by atoms with Gasteiger partial charge in [0.25, 0.3) is 0 Å². The van der Waals surface area contributed by atoms with Gasteiger partial charge in [-0.25, -0.2) is 0 Å². The van der Waals surface area contributed by atoms with Crippen molar-refractivity contribution < 1.29 is 5.11 Å². The molecule has 12 heavy (non-hydrogen) atoms. The fourth-order valence-corrected chi connectivity index (χ4v) is 1.69. The monoisotopic (exact) mass is 169 g/mol. The van der Waals surface area contributed by atoms with Gasteiger partial charge in [-0.2, -0.15) is 0 Å². The number of rotatable bonds is 1. The van der Waals surface area contributed by atoms with E-state index < -0.39 is 0 Å². The molecule has 0 saturated carbocycles. The van der Waals surface area contributed by atoms with Crippen molar-refractivity contribution in [3.05, 3.63) is 11.3 Å². The summed E-state index contributed by atoms with van der Waals surface area (Å²) < 4.78 is 0. The Kier molecular flexibility index (Phi) is 3.15. The van der Waals surface area contributed by atoms with Crippen molar-refractivity contribution in [1.29, 1.82) is 0 Å². The Morgan fingerprint density at radius 1 is 1.25 bits per heavy atom. The first-order valence-corrected chi connectivity index (χ1v) is 4.66. The van der Waals surface area contributed by atoms with Gasteiger partial charge < -0.3 is 10.0 Å². The third kappa shape index (κ3) is 2.24. The molecular formula is C10H19NO. The lowest BCUT2D eigenvalue weighted by atomic mass is 9.93. The summed E-state index contributed by atoms with van der Waals surface area (Å²) in [7, 11) is 2.13. The van der Waals surface area contributed by atoms with Crippen molar-refractivity contribution >= 4 is 0 Å². The second-order valence-electron chi connectivity index (χ2n) is 3.96. The lowest BCUT2D eigenvalue weighted by Gasteiger charge is -2.28. The van der Waals surface area contributed by atoms with E-state index in [0.29, 0.717) is 11.7 Å². The molecule has 70 valence electrons. The third-order valence-electron chi connectivity index (χ3n) is 2.62. The van der Waals surface area contributed by atoms with Crippen LogP contribution in [0.1, 0.15) is 26.7 Å². The van der Waals surface area contributed by atoms with Crippen LogP contribution in [-0.2, 0) is 0 Å². The average Bonchev–Trinajstić information content (AvgIpc) is 2.04. The largest absolute Gasteiger partial charge is 0.512 e. The Bertz CT molecular complexity index is 174. The lowest BCUT2D eigenvalue weighted by Crippen LogP contribution is -2.31. The number of likely N-dealkylation sites (tertiary alicyclic amines) is 1. The summed E-state index contributed by atoms with van der Waals surface area (Å²) in [5.74, 6) is 1.05. The lowest BCUT2D eigenvalue weighted by molar-refractivity contribution is 0.197. The van der Waals surface area contributed by atoms with Crippen molar-refractivity contribution in [2.24, 2.45) is 5.92 Å². The van der Waals surface area contributed by atoms with Gasteiger partial charge in [-0.05, 0) is 52.4 Å². The van der Waals surface area contributed by atoms with Crippen LogP contribution in [-0.4, -0.2) is 30.1 Å². The maximum absolute atomic E-state index is 9.70. The Balaban J connectivity index is 2.50.